The van der Waals surface area contributed by atoms with Gasteiger partial charge >= 0.3 is 0 Å². The molecule has 2 unspecified atom stereocenters. The highest BCUT2D eigenvalue weighted by Gasteiger charge is 2.08. The largest absolute Gasteiger partial charge is 0.491 e. The van der Waals surface area contributed by atoms with Gasteiger partial charge in [0, 0.05) is 19.7 Å². The summed E-state index contributed by atoms with van der Waals surface area (Å²) in [5, 5.41) is 13.1. The van der Waals surface area contributed by atoms with Crippen molar-refractivity contribution < 1.29 is 14.6 Å². The first kappa shape index (κ1) is 17.0. The summed E-state index contributed by atoms with van der Waals surface area (Å²) in [7, 11) is 0. The molecule has 20 heavy (non-hydrogen) atoms. The van der Waals surface area contributed by atoms with E-state index in [1.807, 2.05) is 39.8 Å². The predicted molar refractivity (Wildman–Crippen MR) is 81.4 cm³/mol. The van der Waals surface area contributed by atoms with Crippen LogP contribution in [-0.4, -0.2) is 43.6 Å². The van der Waals surface area contributed by atoms with Gasteiger partial charge in [-0.3, -0.25) is 0 Å². The van der Waals surface area contributed by atoms with Crippen molar-refractivity contribution in [2.24, 2.45) is 0 Å². The van der Waals surface area contributed by atoms with Crippen LogP contribution >= 0.6 is 0 Å². The Bertz CT molecular complexity index is 395. The van der Waals surface area contributed by atoms with Gasteiger partial charge in [0.2, 0.25) is 0 Å². The molecule has 2 atom stereocenters. The average molecular weight is 281 g/mol. The summed E-state index contributed by atoms with van der Waals surface area (Å²) >= 11 is 0. The summed E-state index contributed by atoms with van der Waals surface area (Å²) in [6.45, 7) is 10.2. The third-order valence-corrected chi connectivity index (χ3v) is 3.04. The number of aliphatic hydroxyl groups excluding tert-OH is 1. The lowest BCUT2D eigenvalue weighted by Gasteiger charge is -2.17. The lowest BCUT2D eigenvalue weighted by Crippen LogP contribution is -2.35. The van der Waals surface area contributed by atoms with Gasteiger partial charge < -0.3 is 19.9 Å². The molecule has 0 fully saturated rings. The number of hydrogen-bond acceptors (Lipinski definition) is 4. The van der Waals surface area contributed by atoms with Crippen LogP contribution in [0.15, 0.2) is 18.2 Å². The Morgan fingerprint density at radius 3 is 2.70 bits per heavy atom. The van der Waals surface area contributed by atoms with Crippen molar-refractivity contribution in [3.63, 3.8) is 0 Å². The van der Waals surface area contributed by atoms with Crippen molar-refractivity contribution in [2.75, 3.05) is 26.3 Å². The molecular formula is C16H27NO3. The Morgan fingerprint density at radius 2 is 2.00 bits per heavy atom. The van der Waals surface area contributed by atoms with E-state index in [2.05, 4.69) is 11.4 Å². The molecule has 0 spiro atoms. The van der Waals surface area contributed by atoms with Gasteiger partial charge in [-0.15, -0.1) is 0 Å². The Balaban J connectivity index is 2.26. The zero-order valence-electron chi connectivity index (χ0n) is 13.0. The quantitative estimate of drug-likeness (QED) is 0.727. The van der Waals surface area contributed by atoms with E-state index in [4.69, 9.17) is 9.47 Å². The molecule has 1 rings (SSSR count). The highest BCUT2D eigenvalue weighted by atomic mass is 16.5. The summed E-state index contributed by atoms with van der Waals surface area (Å²) in [5.74, 6) is 0.840. The molecule has 114 valence electrons. The van der Waals surface area contributed by atoms with Gasteiger partial charge in [0.25, 0.3) is 0 Å². The summed E-state index contributed by atoms with van der Waals surface area (Å²) in [6.07, 6.45) is -0.365. The highest BCUT2D eigenvalue weighted by Crippen LogP contribution is 2.19. The van der Waals surface area contributed by atoms with Crippen LogP contribution < -0.4 is 10.1 Å². The molecule has 0 aliphatic heterocycles. The molecular weight excluding hydrogens is 254 g/mol. The van der Waals surface area contributed by atoms with Crippen LogP contribution in [0.4, 0.5) is 0 Å². The predicted octanol–water partition coefficient (Wildman–Crippen LogP) is 2.06. The van der Waals surface area contributed by atoms with Crippen LogP contribution in [0.5, 0.6) is 5.75 Å². The van der Waals surface area contributed by atoms with Crippen molar-refractivity contribution in [1.29, 1.82) is 0 Å². The number of rotatable bonds is 9. The van der Waals surface area contributed by atoms with E-state index < -0.39 is 6.10 Å². The number of nitrogens with one attached hydrogen (secondary N) is 1. The summed E-state index contributed by atoms with van der Waals surface area (Å²) < 4.78 is 11.1. The molecule has 0 radical (unpaired) electrons. The van der Waals surface area contributed by atoms with E-state index in [1.165, 1.54) is 0 Å². The number of benzene rings is 1. The van der Waals surface area contributed by atoms with Crippen molar-refractivity contribution in [3.05, 3.63) is 29.3 Å². The monoisotopic (exact) mass is 281 g/mol. The molecule has 0 aliphatic carbocycles. The average Bonchev–Trinajstić information content (AvgIpc) is 2.40. The molecule has 0 heterocycles. The smallest absolute Gasteiger partial charge is 0.122 e. The van der Waals surface area contributed by atoms with Crippen LogP contribution in [0.1, 0.15) is 25.0 Å². The van der Waals surface area contributed by atoms with Crippen LogP contribution in [0.25, 0.3) is 0 Å². The van der Waals surface area contributed by atoms with Crippen LogP contribution in [0, 0.1) is 13.8 Å². The Hall–Kier alpha value is -1.10. The number of aryl methyl sites for hydroxylation is 2. The molecule has 1 aromatic rings. The van der Waals surface area contributed by atoms with E-state index in [9.17, 15) is 5.11 Å². The zero-order chi connectivity index (χ0) is 15.0. The fourth-order valence-electron chi connectivity index (χ4n) is 1.90. The Kier molecular flexibility index (Phi) is 7.59. The van der Waals surface area contributed by atoms with Gasteiger partial charge in [-0.25, -0.2) is 0 Å². The SMILES string of the molecule is CCOC(C)CNCC(O)COc1cc(C)ccc1C. The zero-order valence-corrected chi connectivity index (χ0v) is 13.0. The molecule has 4 heteroatoms. The second kappa shape index (κ2) is 8.95. The van der Waals surface area contributed by atoms with E-state index in [1.54, 1.807) is 0 Å². The minimum Gasteiger partial charge on any atom is -0.491 e. The van der Waals surface area contributed by atoms with Crippen LogP contribution in [0.2, 0.25) is 0 Å². The molecule has 0 bridgehead atoms. The lowest BCUT2D eigenvalue weighted by atomic mass is 10.1. The third kappa shape index (κ3) is 6.37. The molecule has 0 aliphatic rings. The van der Waals surface area contributed by atoms with Crippen LogP contribution in [-0.2, 0) is 4.74 Å². The number of ether oxygens (including phenoxy) is 2. The second-order valence-electron chi connectivity index (χ2n) is 5.16. The first-order chi connectivity index (χ1) is 9.52. The van der Waals surface area contributed by atoms with E-state index in [-0.39, 0.29) is 6.10 Å². The lowest BCUT2D eigenvalue weighted by molar-refractivity contribution is 0.0671. The topological polar surface area (TPSA) is 50.7 Å². The number of aliphatic hydroxyl groups is 1. The van der Waals surface area contributed by atoms with Gasteiger partial charge in [-0.05, 0) is 44.9 Å². The molecule has 4 nitrogen and oxygen atoms in total. The third-order valence-electron chi connectivity index (χ3n) is 3.04. The molecule has 0 saturated carbocycles. The fraction of sp³-hybridized carbons (Fsp3) is 0.625. The van der Waals surface area contributed by atoms with E-state index >= 15 is 0 Å². The van der Waals surface area contributed by atoms with Crippen LogP contribution in [0.3, 0.4) is 0 Å². The maximum absolute atomic E-state index is 9.89. The fourth-order valence-corrected chi connectivity index (χ4v) is 1.90. The van der Waals surface area contributed by atoms with Crippen molar-refractivity contribution in [2.45, 2.75) is 39.9 Å². The van der Waals surface area contributed by atoms with Crippen molar-refractivity contribution in [3.8, 4) is 5.75 Å². The molecule has 2 N–H and O–H groups in total. The maximum atomic E-state index is 9.89. The van der Waals surface area contributed by atoms with Gasteiger partial charge in [-0.2, -0.15) is 0 Å². The standard InChI is InChI=1S/C16H27NO3/c1-5-19-14(4)9-17-10-15(18)11-20-16-8-12(2)6-7-13(16)3/h6-8,14-15,17-18H,5,9-11H2,1-4H3. The maximum Gasteiger partial charge on any atom is 0.122 e. The van der Waals surface area contributed by atoms with E-state index in [0.717, 1.165) is 23.4 Å². The first-order valence-corrected chi connectivity index (χ1v) is 7.23. The van der Waals surface area contributed by atoms with Gasteiger partial charge in [0.05, 0.1) is 6.10 Å². The Labute approximate surface area is 122 Å². The normalized spacial score (nSPS) is 14.1. The Morgan fingerprint density at radius 1 is 1.25 bits per heavy atom. The minimum absolute atomic E-state index is 0.159. The highest BCUT2D eigenvalue weighted by molar-refractivity contribution is 5.35. The van der Waals surface area contributed by atoms with Gasteiger partial charge in [0.15, 0.2) is 0 Å². The summed E-state index contributed by atoms with van der Waals surface area (Å²) in [5.41, 5.74) is 2.24. The molecule has 1 aromatic carbocycles. The van der Waals surface area contributed by atoms with Crippen molar-refractivity contribution in [1.82, 2.24) is 5.32 Å². The second-order valence-corrected chi connectivity index (χ2v) is 5.16. The van der Waals surface area contributed by atoms with Gasteiger partial charge in [-0.1, -0.05) is 12.1 Å². The first-order valence-electron chi connectivity index (χ1n) is 7.23. The van der Waals surface area contributed by atoms with Gasteiger partial charge in [0.1, 0.15) is 18.5 Å². The summed E-state index contributed by atoms with van der Waals surface area (Å²) in [6, 6.07) is 6.07. The molecule has 0 aromatic heterocycles. The molecule has 0 saturated heterocycles. The minimum atomic E-state index is -0.524. The van der Waals surface area contributed by atoms with Crippen molar-refractivity contribution >= 4 is 0 Å². The molecule has 0 amide bonds. The van der Waals surface area contributed by atoms with E-state index in [0.29, 0.717) is 19.8 Å². The number of hydrogen-bond donors (Lipinski definition) is 2. The summed E-state index contributed by atoms with van der Waals surface area (Å²) in [4.78, 5) is 0.